The molecule has 0 aliphatic carbocycles. The zero-order valence-corrected chi connectivity index (χ0v) is 18.9. The van der Waals surface area contributed by atoms with Gasteiger partial charge in [-0.05, 0) is 39.5 Å². The Labute approximate surface area is 182 Å². The molecule has 2 aliphatic rings. The summed E-state index contributed by atoms with van der Waals surface area (Å²) in [5.41, 5.74) is 2.75. The Balaban J connectivity index is 1.59. The first-order chi connectivity index (χ1) is 14.4. The highest BCUT2D eigenvalue weighted by atomic mass is 32.2. The molecule has 30 heavy (non-hydrogen) atoms. The van der Waals surface area contributed by atoms with E-state index in [-0.39, 0.29) is 35.1 Å². The number of amides is 2. The van der Waals surface area contributed by atoms with Gasteiger partial charge in [0, 0.05) is 46.4 Å². The van der Waals surface area contributed by atoms with Crippen molar-refractivity contribution < 1.29 is 14.3 Å². The van der Waals surface area contributed by atoms with E-state index in [0.717, 1.165) is 36.2 Å². The molecule has 4 rings (SSSR count). The van der Waals surface area contributed by atoms with Crippen LogP contribution in [0.5, 0.6) is 0 Å². The molecule has 3 heterocycles. The van der Waals surface area contributed by atoms with Crippen molar-refractivity contribution in [2.75, 3.05) is 26.0 Å². The second-order valence-corrected chi connectivity index (χ2v) is 9.70. The number of nitrogens with one attached hydrogen (secondary N) is 2. The highest BCUT2D eigenvalue weighted by molar-refractivity contribution is 7.99. The molecule has 0 bridgehead atoms. The summed E-state index contributed by atoms with van der Waals surface area (Å²) in [6, 6.07) is 8.52. The number of rotatable bonds is 6. The lowest BCUT2D eigenvalue weighted by Crippen LogP contribution is -2.52. The van der Waals surface area contributed by atoms with Gasteiger partial charge >= 0.3 is 0 Å². The molecule has 2 amide bonds. The molecule has 162 valence electrons. The molecule has 6 nitrogen and oxygen atoms in total. The summed E-state index contributed by atoms with van der Waals surface area (Å²) in [4.78, 5) is 25.8. The third-order valence-electron chi connectivity index (χ3n) is 6.68. The molecular formula is C23H31N3O3S. The van der Waals surface area contributed by atoms with Crippen molar-refractivity contribution in [2.24, 2.45) is 11.8 Å². The lowest BCUT2D eigenvalue weighted by Gasteiger charge is -2.34. The molecule has 2 saturated heterocycles. The molecular weight excluding hydrogens is 398 g/mol. The van der Waals surface area contributed by atoms with E-state index in [1.165, 1.54) is 0 Å². The number of fused-ring (bicyclic) bond motifs is 1. The van der Waals surface area contributed by atoms with Crippen LogP contribution in [-0.2, 0) is 9.53 Å². The van der Waals surface area contributed by atoms with Crippen molar-refractivity contribution >= 4 is 34.5 Å². The minimum Gasteiger partial charge on any atom is -0.381 e. The van der Waals surface area contributed by atoms with Crippen LogP contribution in [0.4, 0.5) is 0 Å². The molecule has 0 radical (unpaired) electrons. The van der Waals surface area contributed by atoms with E-state index in [4.69, 9.17) is 4.74 Å². The summed E-state index contributed by atoms with van der Waals surface area (Å²) >= 11 is 1.71. The summed E-state index contributed by atoms with van der Waals surface area (Å²) in [7, 11) is 0. The number of hydrogen-bond donors (Lipinski definition) is 2. The van der Waals surface area contributed by atoms with Crippen molar-refractivity contribution in [3.8, 4) is 0 Å². The first kappa shape index (κ1) is 21.2. The molecule has 7 heteroatoms. The van der Waals surface area contributed by atoms with Crippen LogP contribution in [0, 0.1) is 18.8 Å². The van der Waals surface area contributed by atoms with Crippen molar-refractivity contribution in [3.63, 3.8) is 0 Å². The van der Waals surface area contributed by atoms with Crippen LogP contribution < -0.4 is 10.6 Å². The highest BCUT2D eigenvalue weighted by Crippen LogP contribution is 2.34. The monoisotopic (exact) mass is 429 g/mol. The number of para-hydroxylation sites is 1. The summed E-state index contributed by atoms with van der Waals surface area (Å²) in [6.07, 6.45) is 2.96. The average Bonchev–Trinajstić information content (AvgIpc) is 2.96. The summed E-state index contributed by atoms with van der Waals surface area (Å²) in [5, 5.41) is 7.27. The van der Waals surface area contributed by atoms with E-state index < -0.39 is 0 Å². The number of carbonyl (C=O) groups excluding carboxylic acids is 2. The van der Waals surface area contributed by atoms with E-state index in [1.807, 2.05) is 38.3 Å². The molecule has 1 aromatic heterocycles. The second-order valence-electron chi connectivity index (χ2n) is 8.62. The van der Waals surface area contributed by atoms with Crippen molar-refractivity contribution in [3.05, 3.63) is 35.5 Å². The van der Waals surface area contributed by atoms with Gasteiger partial charge in [-0.3, -0.25) is 9.59 Å². The third kappa shape index (κ3) is 3.73. The maximum Gasteiger partial charge on any atom is 0.253 e. The zero-order chi connectivity index (χ0) is 21.4. The maximum atomic E-state index is 13.3. The fourth-order valence-corrected chi connectivity index (χ4v) is 5.84. The summed E-state index contributed by atoms with van der Waals surface area (Å²) in [5.74, 6) is 0.183. The predicted octanol–water partition coefficient (Wildman–Crippen LogP) is 3.14. The molecule has 1 aromatic carbocycles. The van der Waals surface area contributed by atoms with Gasteiger partial charge in [0.15, 0.2) is 0 Å². The molecule has 2 aromatic rings. The van der Waals surface area contributed by atoms with Crippen LogP contribution in [-0.4, -0.2) is 53.7 Å². The van der Waals surface area contributed by atoms with Gasteiger partial charge in [0.05, 0.1) is 24.7 Å². The first-order valence-corrected chi connectivity index (χ1v) is 12.0. The fourth-order valence-electron chi connectivity index (χ4n) is 4.81. The van der Waals surface area contributed by atoms with Gasteiger partial charge in [-0.2, -0.15) is 11.8 Å². The normalized spacial score (nSPS) is 25.6. The lowest BCUT2D eigenvalue weighted by molar-refractivity contribution is -0.127. The smallest absolute Gasteiger partial charge is 0.253 e. The van der Waals surface area contributed by atoms with Gasteiger partial charge in [-0.25, -0.2) is 0 Å². The minimum atomic E-state index is -0.208. The maximum absolute atomic E-state index is 13.3. The Hall–Kier alpha value is -1.99. The van der Waals surface area contributed by atoms with Gasteiger partial charge in [-0.1, -0.05) is 18.2 Å². The molecule has 0 saturated carbocycles. The first-order valence-electron chi connectivity index (χ1n) is 10.7. The molecule has 2 fully saturated rings. The van der Waals surface area contributed by atoms with E-state index in [1.54, 1.807) is 11.8 Å². The predicted molar refractivity (Wildman–Crippen MR) is 121 cm³/mol. The number of ether oxygens (including phenoxy) is 1. The second kappa shape index (κ2) is 8.63. The van der Waals surface area contributed by atoms with Crippen LogP contribution in [0.25, 0.3) is 10.9 Å². The molecule has 2 aliphatic heterocycles. The van der Waals surface area contributed by atoms with Gasteiger partial charge in [-0.15, -0.1) is 0 Å². The highest BCUT2D eigenvalue weighted by Gasteiger charge is 2.35. The van der Waals surface area contributed by atoms with Crippen LogP contribution in [0.2, 0.25) is 0 Å². The Kier molecular flexibility index (Phi) is 6.11. The topological polar surface area (TPSA) is 72.4 Å². The van der Waals surface area contributed by atoms with Gasteiger partial charge < -0.3 is 19.9 Å². The van der Waals surface area contributed by atoms with E-state index >= 15 is 0 Å². The van der Waals surface area contributed by atoms with Gasteiger partial charge in [0.2, 0.25) is 5.91 Å². The fraction of sp³-hybridized carbons (Fsp3) is 0.565. The quantitative estimate of drug-likeness (QED) is 0.740. The number of aromatic nitrogens is 1. The Morgan fingerprint density at radius 1 is 1.37 bits per heavy atom. The molecule has 4 atom stereocenters. The standard InChI is InChI=1S/C23H31N3O3S/c1-13-9-20(30-4)18(22(27)25-13)10-24-23(28)21-15(3)26(14(2)16-11-29-12-16)19-8-6-5-7-17(19)21/h5-8,13-14,16,18,20H,9-12H2,1-4H3,(H,24,28)(H,25,27)/t13?,14-,18?,20?/m1/s1. The lowest BCUT2D eigenvalue weighted by atomic mass is 9.93. The van der Waals surface area contributed by atoms with E-state index in [2.05, 4.69) is 28.2 Å². The summed E-state index contributed by atoms with van der Waals surface area (Å²) in [6.45, 7) is 8.13. The van der Waals surface area contributed by atoms with Crippen molar-refractivity contribution in [2.45, 2.75) is 44.5 Å². The molecule has 2 N–H and O–H groups in total. The van der Waals surface area contributed by atoms with Crippen molar-refractivity contribution in [1.29, 1.82) is 0 Å². The number of piperidine rings is 1. The number of benzene rings is 1. The summed E-state index contributed by atoms with van der Waals surface area (Å²) < 4.78 is 7.67. The Bertz CT molecular complexity index is 953. The molecule has 3 unspecified atom stereocenters. The SMILES string of the molecule is CSC1CC(C)NC(=O)C1CNC(=O)c1c(C)n([C@H](C)C2COC2)c2ccccc12. The van der Waals surface area contributed by atoms with Crippen molar-refractivity contribution in [1.82, 2.24) is 15.2 Å². The number of carbonyl (C=O) groups is 2. The van der Waals surface area contributed by atoms with Gasteiger partial charge in [0.1, 0.15) is 0 Å². The van der Waals surface area contributed by atoms with Crippen LogP contribution in [0.3, 0.4) is 0 Å². The Morgan fingerprint density at radius 2 is 2.10 bits per heavy atom. The minimum absolute atomic E-state index is 0.0335. The molecule has 0 spiro atoms. The average molecular weight is 430 g/mol. The van der Waals surface area contributed by atoms with E-state index in [9.17, 15) is 9.59 Å². The number of hydrogen-bond acceptors (Lipinski definition) is 4. The van der Waals surface area contributed by atoms with E-state index in [0.29, 0.717) is 18.0 Å². The van der Waals surface area contributed by atoms with Gasteiger partial charge in [0.25, 0.3) is 5.91 Å². The number of nitrogens with zero attached hydrogens (tertiary/aromatic N) is 1. The van der Waals surface area contributed by atoms with Crippen LogP contribution in [0.1, 0.15) is 42.4 Å². The number of thioether (sulfide) groups is 1. The third-order valence-corrected chi connectivity index (χ3v) is 7.81. The zero-order valence-electron chi connectivity index (χ0n) is 18.1. The van der Waals surface area contributed by atoms with Crippen LogP contribution in [0.15, 0.2) is 24.3 Å². The largest absolute Gasteiger partial charge is 0.381 e. The van der Waals surface area contributed by atoms with Crippen LogP contribution >= 0.6 is 11.8 Å². The Morgan fingerprint density at radius 3 is 2.77 bits per heavy atom.